The number of nitrogens with zero attached hydrogens (tertiary/aromatic N) is 4. The molecule has 0 fully saturated rings. The second-order valence-corrected chi connectivity index (χ2v) is 5.39. The van der Waals surface area contributed by atoms with E-state index in [1.54, 1.807) is 18.5 Å². The minimum atomic E-state index is -2.84. The Balaban J connectivity index is 2.06. The molecule has 6 nitrogen and oxygen atoms in total. The van der Waals surface area contributed by atoms with Crippen LogP contribution in [-0.2, 0) is 0 Å². The van der Waals surface area contributed by atoms with Gasteiger partial charge in [0.25, 0.3) is 11.8 Å². The van der Waals surface area contributed by atoms with Crippen molar-refractivity contribution in [2.24, 2.45) is 0 Å². The summed E-state index contributed by atoms with van der Waals surface area (Å²) in [6.07, 6.45) is 4.30. The number of hydrogen-bond donors (Lipinski definition) is 1. The van der Waals surface area contributed by atoms with E-state index in [9.17, 15) is 13.6 Å². The Kier molecular flexibility index (Phi) is 4.96. The van der Waals surface area contributed by atoms with Crippen LogP contribution in [-0.4, -0.2) is 44.9 Å². The summed E-state index contributed by atoms with van der Waals surface area (Å²) in [6.45, 7) is 8.31. The summed E-state index contributed by atoms with van der Waals surface area (Å²) in [4.78, 5) is 17.7. The number of amides is 1. The van der Waals surface area contributed by atoms with E-state index in [0.29, 0.717) is 5.65 Å². The molecule has 0 atom stereocenters. The van der Waals surface area contributed by atoms with Crippen LogP contribution in [0.5, 0.6) is 0 Å². The second kappa shape index (κ2) is 6.77. The molecule has 0 aliphatic carbocycles. The number of carbonyl (C=O) groups excluding carboxylic acids is 1. The number of rotatable bonds is 7. The minimum Gasteiger partial charge on any atom is -0.367 e. The SMILES string of the molecule is C=C(NC(=O)c1cnn2cccnc12)C(=C)N(C)CC(F)(F)CC. The van der Waals surface area contributed by atoms with Crippen molar-refractivity contribution in [3.63, 3.8) is 0 Å². The minimum absolute atomic E-state index is 0.143. The Morgan fingerprint density at radius 2 is 2.17 bits per heavy atom. The lowest BCUT2D eigenvalue weighted by Gasteiger charge is -2.27. The second-order valence-electron chi connectivity index (χ2n) is 5.39. The summed E-state index contributed by atoms with van der Waals surface area (Å²) in [7, 11) is 1.47. The summed E-state index contributed by atoms with van der Waals surface area (Å²) >= 11 is 0. The Labute approximate surface area is 138 Å². The van der Waals surface area contributed by atoms with Crippen molar-refractivity contribution >= 4 is 11.6 Å². The van der Waals surface area contributed by atoms with E-state index < -0.39 is 18.4 Å². The first-order valence-corrected chi connectivity index (χ1v) is 7.32. The molecule has 0 radical (unpaired) electrons. The average molecular weight is 335 g/mol. The predicted molar refractivity (Wildman–Crippen MR) is 86.6 cm³/mol. The Morgan fingerprint density at radius 3 is 2.83 bits per heavy atom. The Bertz CT molecular complexity index is 784. The van der Waals surface area contributed by atoms with Gasteiger partial charge in [0.15, 0.2) is 5.65 Å². The quantitative estimate of drug-likeness (QED) is 0.790. The first-order chi connectivity index (χ1) is 11.2. The maximum Gasteiger partial charge on any atom is 0.264 e. The number of fused-ring (bicyclic) bond motifs is 1. The molecule has 0 saturated carbocycles. The van der Waals surface area contributed by atoms with Crippen LogP contribution in [0.15, 0.2) is 49.2 Å². The molecular formula is C16H19F2N5O. The van der Waals surface area contributed by atoms with Gasteiger partial charge in [-0.15, -0.1) is 0 Å². The van der Waals surface area contributed by atoms with Gasteiger partial charge in [-0.25, -0.2) is 18.3 Å². The van der Waals surface area contributed by atoms with E-state index in [1.807, 2.05) is 0 Å². The first kappa shape index (κ1) is 17.6. The highest BCUT2D eigenvalue weighted by molar-refractivity contribution is 6.00. The van der Waals surface area contributed by atoms with Crippen molar-refractivity contribution in [2.75, 3.05) is 13.6 Å². The first-order valence-electron chi connectivity index (χ1n) is 7.32. The summed E-state index contributed by atoms with van der Waals surface area (Å²) in [5.74, 6) is -3.32. The molecule has 1 amide bonds. The van der Waals surface area contributed by atoms with Gasteiger partial charge in [0.2, 0.25) is 0 Å². The maximum absolute atomic E-state index is 13.5. The van der Waals surface area contributed by atoms with Gasteiger partial charge < -0.3 is 10.2 Å². The van der Waals surface area contributed by atoms with E-state index in [2.05, 4.69) is 28.6 Å². The van der Waals surface area contributed by atoms with Crippen molar-refractivity contribution in [1.82, 2.24) is 24.8 Å². The van der Waals surface area contributed by atoms with E-state index >= 15 is 0 Å². The summed E-state index contributed by atoms with van der Waals surface area (Å²) in [6, 6.07) is 1.69. The highest BCUT2D eigenvalue weighted by atomic mass is 19.3. The standard InChI is InChI=1S/C16H19F2N5O/c1-5-16(17,18)10-22(4)12(3)11(2)21-15(24)13-9-20-23-8-6-7-19-14(13)23/h6-9H,2-3,5,10H2,1,4H3,(H,21,24). The van der Waals surface area contributed by atoms with Crippen LogP contribution in [0.4, 0.5) is 8.78 Å². The fraction of sp³-hybridized carbons (Fsp3) is 0.312. The van der Waals surface area contributed by atoms with Crippen LogP contribution >= 0.6 is 0 Å². The largest absolute Gasteiger partial charge is 0.367 e. The average Bonchev–Trinajstić information content (AvgIpc) is 2.97. The molecule has 2 heterocycles. The summed E-state index contributed by atoms with van der Waals surface area (Å²) < 4.78 is 28.4. The van der Waals surface area contributed by atoms with E-state index in [0.717, 1.165) is 0 Å². The number of halogens is 2. The van der Waals surface area contributed by atoms with Gasteiger partial charge in [0.1, 0.15) is 5.56 Å². The van der Waals surface area contributed by atoms with Crippen molar-refractivity contribution in [1.29, 1.82) is 0 Å². The smallest absolute Gasteiger partial charge is 0.264 e. The molecule has 2 rings (SSSR count). The van der Waals surface area contributed by atoms with Gasteiger partial charge in [-0.2, -0.15) is 5.10 Å². The molecule has 8 heteroatoms. The van der Waals surface area contributed by atoms with Crippen LogP contribution in [0.25, 0.3) is 5.65 Å². The molecule has 24 heavy (non-hydrogen) atoms. The molecular weight excluding hydrogens is 316 g/mol. The van der Waals surface area contributed by atoms with Crippen LogP contribution in [0.1, 0.15) is 23.7 Å². The lowest BCUT2D eigenvalue weighted by atomic mass is 10.2. The molecule has 0 aliphatic rings. The van der Waals surface area contributed by atoms with Gasteiger partial charge in [-0.05, 0) is 6.07 Å². The molecule has 2 aromatic rings. The zero-order chi connectivity index (χ0) is 17.9. The monoisotopic (exact) mass is 335 g/mol. The topological polar surface area (TPSA) is 62.5 Å². The molecule has 2 aromatic heterocycles. The fourth-order valence-corrected chi connectivity index (χ4v) is 2.05. The molecule has 128 valence electrons. The predicted octanol–water partition coefficient (Wildman–Crippen LogP) is 2.46. The molecule has 0 aliphatic heterocycles. The molecule has 0 unspecified atom stereocenters. The van der Waals surface area contributed by atoms with E-state index in [1.165, 1.54) is 29.6 Å². The summed E-state index contributed by atoms with van der Waals surface area (Å²) in [5, 5.41) is 6.56. The highest BCUT2D eigenvalue weighted by Gasteiger charge is 2.29. The van der Waals surface area contributed by atoms with Crippen LogP contribution in [0.2, 0.25) is 0 Å². The van der Waals surface area contributed by atoms with Crippen molar-refractivity contribution in [2.45, 2.75) is 19.3 Å². The van der Waals surface area contributed by atoms with Gasteiger partial charge in [0, 0.05) is 25.9 Å². The number of likely N-dealkylation sites (N-methyl/N-ethyl adjacent to an activating group) is 1. The van der Waals surface area contributed by atoms with Crippen LogP contribution in [0, 0.1) is 0 Å². The van der Waals surface area contributed by atoms with Gasteiger partial charge in [0.05, 0.1) is 24.1 Å². The number of hydrogen-bond acceptors (Lipinski definition) is 4. The normalized spacial score (nSPS) is 11.3. The van der Waals surface area contributed by atoms with Crippen molar-refractivity contribution in [3.05, 3.63) is 54.8 Å². The van der Waals surface area contributed by atoms with E-state index in [4.69, 9.17) is 0 Å². The molecule has 0 bridgehead atoms. The number of nitrogens with one attached hydrogen (secondary N) is 1. The summed E-state index contributed by atoms with van der Waals surface area (Å²) in [5.41, 5.74) is 0.996. The number of carbonyl (C=O) groups is 1. The van der Waals surface area contributed by atoms with Crippen molar-refractivity contribution < 1.29 is 13.6 Å². The third kappa shape index (κ3) is 3.76. The zero-order valence-electron chi connectivity index (χ0n) is 13.6. The van der Waals surface area contributed by atoms with Crippen LogP contribution < -0.4 is 5.32 Å². The van der Waals surface area contributed by atoms with Crippen molar-refractivity contribution in [3.8, 4) is 0 Å². The third-order valence-corrected chi connectivity index (χ3v) is 3.58. The highest BCUT2D eigenvalue weighted by Crippen LogP contribution is 2.21. The molecule has 1 N–H and O–H groups in total. The lowest BCUT2D eigenvalue weighted by molar-refractivity contribution is -0.0226. The van der Waals surface area contributed by atoms with Crippen LogP contribution in [0.3, 0.4) is 0 Å². The van der Waals surface area contributed by atoms with E-state index in [-0.39, 0.29) is 23.4 Å². The van der Waals surface area contributed by atoms with Gasteiger partial charge >= 0.3 is 0 Å². The molecule has 0 spiro atoms. The Morgan fingerprint density at radius 1 is 1.46 bits per heavy atom. The molecule has 0 aromatic carbocycles. The Hall–Kier alpha value is -2.77. The third-order valence-electron chi connectivity index (χ3n) is 3.58. The maximum atomic E-state index is 13.5. The lowest BCUT2D eigenvalue weighted by Crippen LogP contribution is -2.36. The molecule has 0 saturated heterocycles. The van der Waals surface area contributed by atoms with Gasteiger partial charge in [-0.3, -0.25) is 4.79 Å². The van der Waals surface area contributed by atoms with Gasteiger partial charge in [-0.1, -0.05) is 20.1 Å². The zero-order valence-corrected chi connectivity index (χ0v) is 13.6. The fourth-order valence-electron chi connectivity index (χ4n) is 2.05. The number of aromatic nitrogens is 3. The number of alkyl halides is 2.